The summed E-state index contributed by atoms with van der Waals surface area (Å²) in [6.45, 7) is 4.34. The average Bonchev–Trinajstić information content (AvgIpc) is 2.39. The van der Waals surface area contributed by atoms with E-state index in [4.69, 9.17) is 11.6 Å². The second-order valence-corrected chi connectivity index (χ2v) is 5.36. The van der Waals surface area contributed by atoms with Crippen molar-refractivity contribution in [1.29, 1.82) is 0 Å². The van der Waals surface area contributed by atoms with Crippen LogP contribution >= 0.6 is 11.6 Å². The zero-order chi connectivity index (χ0) is 13.1. The largest absolute Gasteiger partial charge is 0.313 e. The first-order chi connectivity index (χ1) is 8.83. The van der Waals surface area contributed by atoms with E-state index < -0.39 is 0 Å². The number of benzene rings is 1. The van der Waals surface area contributed by atoms with Crippen molar-refractivity contribution in [3.8, 4) is 0 Å². The lowest BCUT2D eigenvalue weighted by Crippen LogP contribution is -2.14. The molecule has 1 N–H and O–H groups in total. The van der Waals surface area contributed by atoms with E-state index in [0.717, 1.165) is 18.1 Å². The molecule has 0 radical (unpaired) electrons. The summed E-state index contributed by atoms with van der Waals surface area (Å²) >= 11 is 5.85. The molecule has 0 aliphatic carbocycles. The van der Waals surface area contributed by atoms with Crippen molar-refractivity contribution >= 4 is 11.6 Å². The maximum atomic E-state index is 5.85. The summed E-state index contributed by atoms with van der Waals surface area (Å²) in [5.41, 5.74) is 1.31. The van der Waals surface area contributed by atoms with E-state index in [0.29, 0.717) is 0 Å². The Bertz CT molecular complexity index is 294. The third-order valence-electron chi connectivity index (χ3n) is 3.20. The van der Waals surface area contributed by atoms with Crippen molar-refractivity contribution in [3.63, 3.8) is 0 Å². The average molecular weight is 268 g/mol. The Morgan fingerprint density at radius 3 is 2.17 bits per heavy atom. The van der Waals surface area contributed by atoms with Crippen molar-refractivity contribution in [1.82, 2.24) is 5.32 Å². The van der Waals surface area contributed by atoms with E-state index in [-0.39, 0.29) is 0 Å². The summed E-state index contributed by atoms with van der Waals surface area (Å²) in [5, 5.41) is 4.29. The standard InChI is InChI=1S/C16H26ClN/c1-2-3-4-5-6-7-8-13-18-14-15-9-11-16(17)12-10-15/h9-12,18H,2-8,13-14H2,1H3. The fourth-order valence-electron chi connectivity index (χ4n) is 2.04. The fraction of sp³-hybridized carbons (Fsp3) is 0.625. The third-order valence-corrected chi connectivity index (χ3v) is 3.45. The highest BCUT2D eigenvalue weighted by Gasteiger charge is 1.94. The van der Waals surface area contributed by atoms with Crippen LogP contribution in [0, 0.1) is 0 Å². The summed E-state index contributed by atoms with van der Waals surface area (Å²) in [6, 6.07) is 8.07. The first-order valence-corrected chi connectivity index (χ1v) is 7.66. The number of rotatable bonds is 10. The molecule has 1 nitrogen and oxygen atoms in total. The number of unbranched alkanes of at least 4 members (excludes halogenated alkanes) is 6. The fourth-order valence-corrected chi connectivity index (χ4v) is 2.17. The Balaban J connectivity index is 1.91. The van der Waals surface area contributed by atoms with Crippen LogP contribution in [-0.4, -0.2) is 6.54 Å². The van der Waals surface area contributed by atoms with Crippen LogP contribution in [0.1, 0.15) is 57.4 Å². The third kappa shape index (κ3) is 7.73. The van der Waals surface area contributed by atoms with Crippen molar-refractivity contribution in [2.24, 2.45) is 0 Å². The minimum Gasteiger partial charge on any atom is -0.313 e. The Hall–Kier alpha value is -0.530. The molecule has 1 rings (SSSR count). The van der Waals surface area contributed by atoms with Crippen LogP contribution in [0.5, 0.6) is 0 Å². The molecule has 0 aliphatic rings. The molecule has 0 saturated heterocycles. The van der Waals surface area contributed by atoms with Gasteiger partial charge in [-0.1, -0.05) is 69.2 Å². The maximum absolute atomic E-state index is 5.85. The van der Waals surface area contributed by atoms with E-state index >= 15 is 0 Å². The van der Waals surface area contributed by atoms with Crippen LogP contribution in [-0.2, 0) is 6.54 Å². The van der Waals surface area contributed by atoms with E-state index in [2.05, 4.69) is 24.4 Å². The van der Waals surface area contributed by atoms with E-state index in [9.17, 15) is 0 Å². The van der Waals surface area contributed by atoms with E-state index in [1.807, 2.05) is 12.1 Å². The van der Waals surface area contributed by atoms with Crippen molar-refractivity contribution in [2.45, 2.75) is 58.4 Å². The molecule has 0 fully saturated rings. The van der Waals surface area contributed by atoms with Gasteiger partial charge in [-0.3, -0.25) is 0 Å². The van der Waals surface area contributed by atoms with Crippen LogP contribution in [0.25, 0.3) is 0 Å². The number of halogens is 1. The zero-order valence-corrected chi connectivity index (χ0v) is 12.3. The predicted octanol–water partition coefficient (Wildman–Crippen LogP) is 5.18. The van der Waals surface area contributed by atoms with Crippen LogP contribution in [0.3, 0.4) is 0 Å². The van der Waals surface area contributed by atoms with Gasteiger partial charge in [-0.15, -0.1) is 0 Å². The molecule has 1 aromatic rings. The summed E-state index contributed by atoms with van der Waals surface area (Å²) in [7, 11) is 0. The molecule has 0 atom stereocenters. The van der Waals surface area contributed by atoms with Crippen LogP contribution in [0.15, 0.2) is 24.3 Å². The van der Waals surface area contributed by atoms with Gasteiger partial charge in [-0.25, -0.2) is 0 Å². The van der Waals surface area contributed by atoms with E-state index in [1.54, 1.807) is 0 Å². The molecule has 0 aliphatic heterocycles. The van der Waals surface area contributed by atoms with Crippen molar-refractivity contribution < 1.29 is 0 Å². The molecule has 0 unspecified atom stereocenters. The number of nitrogens with one attached hydrogen (secondary N) is 1. The van der Waals surface area contributed by atoms with Gasteiger partial charge in [0.15, 0.2) is 0 Å². The monoisotopic (exact) mass is 267 g/mol. The highest BCUT2D eigenvalue weighted by molar-refractivity contribution is 6.30. The van der Waals surface area contributed by atoms with Crippen molar-refractivity contribution in [3.05, 3.63) is 34.9 Å². The smallest absolute Gasteiger partial charge is 0.0406 e. The van der Waals surface area contributed by atoms with Crippen molar-refractivity contribution in [2.75, 3.05) is 6.54 Å². The normalized spacial score (nSPS) is 10.8. The van der Waals surface area contributed by atoms with Gasteiger partial charge >= 0.3 is 0 Å². The Kier molecular flexibility index (Phi) is 8.97. The molecular weight excluding hydrogens is 242 g/mol. The van der Waals surface area contributed by atoms with Gasteiger partial charge in [-0.05, 0) is 30.7 Å². The van der Waals surface area contributed by atoms with Gasteiger partial charge in [0.05, 0.1) is 0 Å². The molecule has 1 aromatic carbocycles. The molecule has 102 valence electrons. The molecule has 0 aromatic heterocycles. The SMILES string of the molecule is CCCCCCCCCNCc1ccc(Cl)cc1. The lowest BCUT2D eigenvalue weighted by molar-refractivity contribution is 0.562. The molecule has 0 spiro atoms. The van der Waals surface area contributed by atoms with Crippen LogP contribution < -0.4 is 5.32 Å². The number of hydrogen-bond donors (Lipinski definition) is 1. The van der Waals surface area contributed by atoms with Gasteiger partial charge in [0.1, 0.15) is 0 Å². The molecule has 2 heteroatoms. The topological polar surface area (TPSA) is 12.0 Å². The van der Waals surface area contributed by atoms with Gasteiger partial charge in [0, 0.05) is 11.6 Å². The minimum absolute atomic E-state index is 0.811. The molecule has 0 bridgehead atoms. The predicted molar refractivity (Wildman–Crippen MR) is 81.2 cm³/mol. The summed E-state index contributed by atoms with van der Waals surface area (Å²) in [6.07, 6.45) is 9.59. The van der Waals surface area contributed by atoms with Gasteiger partial charge in [0.25, 0.3) is 0 Å². The molecule has 0 heterocycles. The summed E-state index contributed by atoms with van der Waals surface area (Å²) in [4.78, 5) is 0. The number of hydrogen-bond acceptors (Lipinski definition) is 1. The zero-order valence-electron chi connectivity index (χ0n) is 11.6. The Labute approximate surface area is 117 Å². The van der Waals surface area contributed by atoms with Crippen LogP contribution in [0.4, 0.5) is 0 Å². The molecule has 0 saturated carbocycles. The molecular formula is C16H26ClN. The Morgan fingerprint density at radius 2 is 1.50 bits per heavy atom. The quantitative estimate of drug-likeness (QED) is 0.576. The van der Waals surface area contributed by atoms with E-state index in [1.165, 1.54) is 50.5 Å². The van der Waals surface area contributed by atoms with Gasteiger partial charge in [0.2, 0.25) is 0 Å². The lowest BCUT2D eigenvalue weighted by atomic mass is 10.1. The maximum Gasteiger partial charge on any atom is 0.0406 e. The highest BCUT2D eigenvalue weighted by atomic mass is 35.5. The summed E-state index contributed by atoms with van der Waals surface area (Å²) in [5.74, 6) is 0. The van der Waals surface area contributed by atoms with Gasteiger partial charge < -0.3 is 5.32 Å². The highest BCUT2D eigenvalue weighted by Crippen LogP contribution is 2.09. The lowest BCUT2D eigenvalue weighted by Gasteiger charge is -2.05. The molecule has 18 heavy (non-hydrogen) atoms. The van der Waals surface area contributed by atoms with Crippen LogP contribution in [0.2, 0.25) is 5.02 Å². The minimum atomic E-state index is 0.811. The Morgan fingerprint density at radius 1 is 0.889 bits per heavy atom. The second kappa shape index (κ2) is 10.4. The first-order valence-electron chi connectivity index (χ1n) is 7.28. The van der Waals surface area contributed by atoms with Gasteiger partial charge in [-0.2, -0.15) is 0 Å². The summed E-state index contributed by atoms with van der Waals surface area (Å²) < 4.78 is 0. The molecule has 0 amide bonds. The second-order valence-electron chi connectivity index (χ2n) is 4.92. The first kappa shape index (κ1) is 15.5.